The minimum Gasteiger partial charge on any atom is -0.354 e. The molecule has 0 radical (unpaired) electrons. The van der Waals surface area contributed by atoms with E-state index in [9.17, 15) is 13.2 Å². The molecule has 0 aliphatic rings. The Morgan fingerprint density at radius 3 is 2.29 bits per heavy atom. The Morgan fingerprint density at radius 1 is 0.914 bits per heavy atom. The zero-order valence-electron chi connectivity index (χ0n) is 18.6. The highest BCUT2D eigenvalue weighted by Gasteiger charge is 2.27. The van der Waals surface area contributed by atoms with Crippen molar-refractivity contribution in [3.05, 3.63) is 91.9 Å². The summed E-state index contributed by atoms with van der Waals surface area (Å²) in [4.78, 5) is 12.8. The molecule has 186 valence electrons. The van der Waals surface area contributed by atoms with Crippen LogP contribution in [0.4, 0.5) is 5.69 Å². The van der Waals surface area contributed by atoms with Gasteiger partial charge < -0.3 is 5.32 Å². The predicted molar refractivity (Wildman–Crippen MR) is 148 cm³/mol. The molecule has 0 atom stereocenters. The van der Waals surface area contributed by atoms with Crippen LogP contribution in [0.2, 0.25) is 20.1 Å². The second-order valence-corrected chi connectivity index (χ2v) is 12.2. The molecule has 0 saturated carbocycles. The van der Waals surface area contributed by atoms with Crippen molar-refractivity contribution < 1.29 is 13.2 Å². The molecular weight excluding hydrogens is 570 g/mol. The van der Waals surface area contributed by atoms with Crippen LogP contribution in [0.15, 0.2) is 65.6 Å². The van der Waals surface area contributed by atoms with Crippen LogP contribution in [-0.2, 0) is 20.6 Å². The second-order valence-electron chi connectivity index (χ2n) is 7.56. The average Bonchev–Trinajstić information content (AvgIpc) is 2.80. The first-order valence-corrected chi connectivity index (χ1v) is 14.5. The summed E-state index contributed by atoms with van der Waals surface area (Å²) in [6, 6.07) is 16.2. The quantitative estimate of drug-likeness (QED) is 0.262. The van der Waals surface area contributed by atoms with Crippen LogP contribution in [0.25, 0.3) is 0 Å². The Balaban J connectivity index is 1.67. The number of thioether (sulfide) groups is 1. The summed E-state index contributed by atoms with van der Waals surface area (Å²) in [5.74, 6) is 0.822. The summed E-state index contributed by atoms with van der Waals surface area (Å²) < 4.78 is 27.8. The summed E-state index contributed by atoms with van der Waals surface area (Å²) in [5, 5.41) is 4.40. The number of carbonyl (C=O) groups is 1. The summed E-state index contributed by atoms with van der Waals surface area (Å²) in [7, 11) is -4.04. The highest BCUT2D eigenvalue weighted by atomic mass is 35.5. The van der Waals surface area contributed by atoms with E-state index >= 15 is 0 Å². The lowest BCUT2D eigenvalue weighted by atomic mass is 10.2. The third-order valence-electron chi connectivity index (χ3n) is 4.93. The summed E-state index contributed by atoms with van der Waals surface area (Å²) in [6.45, 7) is 1.80. The van der Waals surface area contributed by atoms with E-state index in [1.165, 1.54) is 30.3 Å². The van der Waals surface area contributed by atoms with Crippen molar-refractivity contribution in [1.82, 2.24) is 5.32 Å². The van der Waals surface area contributed by atoms with Gasteiger partial charge in [-0.05, 0) is 55.0 Å². The lowest BCUT2D eigenvalue weighted by Crippen LogP contribution is -2.41. The van der Waals surface area contributed by atoms with Gasteiger partial charge in [-0.2, -0.15) is 11.8 Å². The highest BCUT2D eigenvalue weighted by molar-refractivity contribution is 7.98. The van der Waals surface area contributed by atoms with E-state index < -0.39 is 22.5 Å². The molecule has 35 heavy (non-hydrogen) atoms. The van der Waals surface area contributed by atoms with E-state index in [2.05, 4.69) is 5.32 Å². The fraction of sp³-hybridized carbons (Fsp3) is 0.208. The SMILES string of the molecule is Cc1ccc(S(=O)(=O)N(CC(=O)NCCSCc2ccc(Cl)cc2Cl)c2ccc(Cl)c(Cl)c2)cc1. The lowest BCUT2D eigenvalue weighted by Gasteiger charge is -2.24. The molecule has 1 amide bonds. The molecule has 11 heteroatoms. The number of hydrogen-bond donors (Lipinski definition) is 1. The number of nitrogens with one attached hydrogen (secondary N) is 1. The zero-order chi connectivity index (χ0) is 25.6. The topological polar surface area (TPSA) is 66.5 Å². The molecule has 0 unspecified atom stereocenters. The molecule has 0 aliphatic carbocycles. The van der Waals surface area contributed by atoms with Crippen molar-refractivity contribution in [1.29, 1.82) is 0 Å². The van der Waals surface area contributed by atoms with Gasteiger partial charge in [-0.1, -0.05) is 70.2 Å². The van der Waals surface area contributed by atoms with Crippen LogP contribution in [0.1, 0.15) is 11.1 Å². The number of rotatable bonds is 10. The van der Waals surface area contributed by atoms with E-state index in [-0.39, 0.29) is 20.6 Å². The minimum absolute atomic E-state index is 0.0670. The monoisotopic (exact) mass is 590 g/mol. The van der Waals surface area contributed by atoms with Gasteiger partial charge in [-0.25, -0.2) is 8.42 Å². The van der Waals surface area contributed by atoms with Crippen molar-refractivity contribution in [2.75, 3.05) is 23.1 Å². The molecule has 5 nitrogen and oxygen atoms in total. The number of sulfonamides is 1. The molecule has 3 rings (SSSR count). The maximum atomic E-state index is 13.4. The molecule has 1 N–H and O–H groups in total. The van der Waals surface area contributed by atoms with E-state index in [0.29, 0.717) is 28.1 Å². The molecule has 3 aromatic rings. The van der Waals surface area contributed by atoms with Gasteiger partial charge >= 0.3 is 0 Å². The number of amides is 1. The van der Waals surface area contributed by atoms with Gasteiger partial charge in [-0.3, -0.25) is 9.10 Å². The Morgan fingerprint density at radius 2 is 1.63 bits per heavy atom. The minimum atomic E-state index is -4.04. The number of nitrogens with zero attached hydrogens (tertiary/aromatic N) is 1. The number of carbonyl (C=O) groups excluding carboxylic acids is 1. The van der Waals surface area contributed by atoms with Gasteiger partial charge in [0, 0.05) is 28.1 Å². The van der Waals surface area contributed by atoms with Crippen LogP contribution in [-0.4, -0.2) is 33.2 Å². The number of hydrogen-bond acceptors (Lipinski definition) is 4. The number of aryl methyl sites for hydroxylation is 1. The average molecular weight is 592 g/mol. The van der Waals surface area contributed by atoms with Gasteiger partial charge in [0.15, 0.2) is 0 Å². The summed E-state index contributed by atoms with van der Waals surface area (Å²) in [6.07, 6.45) is 0. The Kier molecular flexibility index (Phi) is 10.0. The van der Waals surface area contributed by atoms with E-state index in [1.54, 1.807) is 36.0 Å². The largest absolute Gasteiger partial charge is 0.354 e. The van der Waals surface area contributed by atoms with Gasteiger partial charge in [-0.15, -0.1) is 0 Å². The number of anilines is 1. The van der Waals surface area contributed by atoms with Crippen molar-refractivity contribution >= 4 is 79.8 Å². The normalized spacial score (nSPS) is 11.3. The molecule has 0 saturated heterocycles. The van der Waals surface area contributed by atoms with Crippen LogP contribution in [0.5, 0.6) is 0 Å². The molecular formula is C24H22Cl4N2O3S2. The third kappa shape index (κ3) is 7.68. The van der Waals surface area contributed by atoms with Crippen molar-refractivity contribution in [2.45, 2.75) is 17.6 Å². The first-order chi connectivity index (χ1) is 16.6. The molecule has 0 spiro atoms. The molecule has 0 heterocycles. The molecule has 3 aromatic carbocycles. The molecule has 0 fully saturated rings. The standard InChI is InChI=1S/C24H22Cl4N2O3S2/c1-16-2-7-20(8-3-16)35(32,33)30(19-6-9-21(26)23(28)13-19)14-24(31)29-10-11-34-15-17-4-5-18(25)12-22(17)27/h2-9,12-13H,10-11,14-15H2,1H3,(H,29,31). The fourth-order valence-corrected chi connectivity index (χ4v) is 6.18. The number of benzene rings is 3. The first-order valence-electron chi connectivity index (χ1n) is 10.4. The van der Waals surface area contributed by atoms with Gasteiger partial charge in [0.05, 0.1) is 20.6 Å². The van der Waals surface area contributed by atoms with Crippen molar-refractivity contribution in [2.24, 2.45) is 0 Å². The van der Waals surface area contributed by atoms with Gasteiger partial charge in [0.2, 0.25) is 5.91 Å². The van der Waals surface area contributed by atoms with Crippen LogP contribution < -0.4 is 9.62 Å². The highest BCUT2D eigenvalue weighted by Crippen LogP contribution is 2.30. The van der Waals surface area contributed by atoms with E-state index in [4.69, 9.17) is 46.4 Å². The third-order valence-corrected chi connectivity index (χ3v) is 9.05. The maximum Gasteiger partial charge on any atom is 0.264 e. The van der Waals surface area contributed by atoms with Crippen LogP contribution >= 0.6 is 58.2 Å². The summed E-state index contributed by atoms with van der Waals surface area (Å²) in [5.41, 5.74) is 2.10. The first kappa shape index (κ1) is 28.0. The van der Waals surface area contributed by atoms with Gasteiger partial charge in [0.1, 0.15) is 6.54 Å². The van der Waals surface area contributed by atoms with Crippen molar-refractivity contribution in [3.63, 3.8) is 0 Å². The summed E-state index contributed by atoms with van der Waals surface area (Å²) >= 11 is 25.8. The number of halogens is 4. The smallest absolute Gasteiger partial charge is 0.264 e. The maximum absolute atomic E-state index is 13.4. The van der Waals surface area contributed by atoms with Crippen molar-refractivity contribution in [3.8, 4) is 0 Å². The Labute approximate surface area is 229 Å². The Hall–Kier alpha value is -1.61. The predicted octanol–water partition coefficient (Wildman–Crippen LogP) is 6.85. The fourth-order valence-electron chi connectivity index (χ4n) is 3.06. The molecule has 0 aliphatic heterocycles. The van der Waals surface area contributed by atoms with E-state index in [0.717, 1.165) is 15.4 Å². The zero-order valence-corrected chi connectivity index (χ0v) is 23.3. The lowest BCUT2D eigenvalue weighted by molar-refractivity contribution is -0.119. The second kappa shape index (κ2) is 12.6. The van der Waals surface area contributed by atoms with Gasteiger partial charge in [0.25, 0.3) is 10.0 Å². The van der Waals surface area contributed by atoms with Crippen LogP contribution in [0.3, 0.4) is 0 Å². The van der Waals surface area contributed by atoms with E-state index in [1.807, 2.05) is 13.0 Å². The molecule has 0 aromatic heterocycles. The molecule has 0 bridgehead atoms. The van der Waals surface area contributed by atoms with Crippen LogP contribution in [0, 0.1) is 6.92 Å². The Bertz CT molecular complexity index is 1300.